The molecular weight excluding hydrogens is 356 g/mol. The lowest BCUT2D eigenvalue weighted by molar-refractivity contribution is -0.116. The van der Waals surface area contributed by atoms with Gasteiger partial charge in [0.1, 0.15) is 10.6 Å². The molecule has 1 N–H and O–H groups in total. The summed E-state index contributed by atoms with van der Waals surface area (Å²) in [5.74, 6) is -0.296. The number of nitrogens with zero attached hydrogens (tertiary/aromatic N) is 1. The molecule has 8 heteroatoms. The summed E-state index contributed by atoms with van der Waals surface area (Å²) in [6, 6.07) is 13.1. The molecule has 0 aromatic heterocycles. The van der Waals surface area contributed by atoms with Crippen molar-refractivity contribution in [3.05, 3.63) is 54.1 Å². The van der Waals surface area contributed by atoms with Crippen LogP contribution >= 0.6 is 0 Å². The third-order valence-electron chi connectivity index (χ3n) is 4.06. The van der Waals surface area contributed by atoms with Crippen LogP contribution in [0.25, 0.3) is 0 Å². The van der Waals surface area contributed by atoms with E-state index in [1.165, 1.54) is 19.2 Å². The van der Waals surface area contributed by atoms with Gasteiger partial charge in [0.05, 0.1) is 18.4 Å². The smallest absolute Gasteiger partial charge is 0.269 e. The first-order valence-corrected chi connectivity index (χ1v) is 9.48. The molecule has 1 heterocycles. The van der Waals surface area contributed by atoms with Crippen LogP contribution in [0.15, 0.2) is 53.4 Å². The van der Waals surface area contributed by atoms with Crippen LogP contribution in [0.3, 0.4) is 0 Å². The number of fused-ring (bicyclic) bond motifs is 1. The predicted octanol–water partition coefficient (Wildman–Crippen LogP) is 2.26. The standard InChI is InChI=1S/C18H18N2O5S/c1-25-15-9-4-3-8-14(15)19-17(21)11-6-12-20-18(22)13-7-2-5-10-16(13)26(20,23)24/h2-5,7-10H,6,11-12H2,1H3,(H,19,21). The van der Waals surface area contributed by atoms with Crippen molar-refractivity contribution >= 4 is 27.5 Å². The number of hydrogen-bond acceptors (Lipinski definition) is 5. The Morgan fingerprint density at radius 2 is 1.81 bits per heavy atom. The second kappa shape index (κ2) is 7.17. The quantitative estimate of drug-likeness (QED) is 0.837. The Kier molecular flexibility index (Phi) is 4.94. The first kappa shape index (κ1) is 17.9. The summed E-state index contributed by atoms with van der Waals surface area (Å²) in [7, 11) is -2.32. The Bertz CT molecular complexity index is 956. The zero-order chi connectivity index (χ0) is 18.7. The lowest BCUT2D eigenvalue weighted by Gasteiger charge is -2.15. The summed E-state index contributed by atoms with van der Waals surface area (Å²) in [6.07, 6.45) is 0.299. The highest BCUT2D eigenvalue weighted by Gasteiger charge is 2.40. The number of methoxy groups -OCH3 is 1. The van der Waals surface area contributed by atoms with E-state index < -0.39 is 15.9 Å². The number of anilines is 1. The summed E-state index contributed by atoms with van der Waals surface area (Å²) in [5, 5.41) is 2.72. The average molecular weight is 374 g/mol. The van der Waals surface area contributed by atoms with Gasteiger partial charge in [-0.2, -0.15) is 0 Å². The summed E-state index contributed by atoms with van der Waals surface area (Å²) in [5.41, 5.74) is 0.711. The van der Waals surface area contributed by atoms with Crippen LogP contribution in [-0.4, -0.2) is 38.2 Å². The number of carbonyl (C=O) groups is 2. The van der Waals surface area contributed by atoms with Crippen molar-refractivity contribution in [2.24, 2.45) is 0 Å². The molecule has 2 aromatic carbocycles. The van der Waals surface area contributed by atoms with Gasteiger partial charge >= 0.3 is 0 Å². The number of sulfonamides is 1. The molecule has 0 bridgehead atoms. The molecule has 0 aliphatic carbocycles. The number of amides is 2. The van der Waals surface area contributed by atoms with Gasteiger partial charge in [-0.1, -0.05) is 24.3 Å². The third kappa shape index (κ3) is 3.28. The lowest BCUT2D eigenvalue weighted by atomic mass is 10.2. The zero-order valence-electron chi connectivity index (χ0n) is 14.1. The molecule has 0 spiro atoms. The van der Waals surface area contributed by atoms with Crippen molar-refractivity contribution in [3.63, 3.8) is 0 Å². The first-order valence-electron chi connectivity index (χ1n) is 8.04. The molecule has 0 saturated heterocycles. The van der Waals surface area contributed by atoms with Crippen LogP contribution in [0.1, 0.15) is 23.2 Å². The van der Waals surface area contributed by atoms with Crippen molar-refractivity contribution in [1.29, 1.82) is 0 Å². The van der Waals surface area contributed by atoms with Gasteiger partial charge in [-0.15, -0.1) is 0 Å². The van der Waals surface area contributed by atoms with Crippen LogP contribution in [0.5, 0.6) is 5.75 Å². The highest BCUT2D eigenvalue weighted by atomic mass is 32.2. The Morgan fingerprint density at radius 3 is 2.54 bits per heavy atom. The molecule has 2 aromatic rings. The highest BCUT2D eigenvalue weighted by molar-refractivity contribution is 7.90. The lowest BCUT2D eigenvalue weighted by Crippen LogP contribution is -2.31. The van der Waals surface area contributed by atoms with E-state index in [2.05, 4.69) is 5.32 Å². The maximum absolute atomic E-state index is 12.4. The minimum absolute atomic E-state index is 0.0171. The van der Waals surface area contributed by atoms with E-state index in [-0.39, 0.29) is 35.8 Å². The minimum Gasteiger partial charge on any atom is -0.495 e. The van der Waals surface area contributed by atoms with E-state index >= 15 is 0 Å². The molecule has 0 atom stereocenters. The van der Waals surface area contributed by atoms with Crippen molar-refractivity contribution in [2.75, 3.05) is 19.0 Å². The maximum Gasteiger partial charge on any atom is 0.269 e. The fourth-order valence-corrected chi connectivity index (χ4v) is 4.40. The summed E-state index contributed by atoms with van der Waals surface area (Å²) in [6.45, 7) is -0.0464. The van der Waals surface area contributed by atoms with E-state index in [1.54, 1.807) is 36.4 Å². The van der Waals surface area contributed by atoms with E-state index in [0.717, 1.165) is 4.31 Å². The molecule has 0 saturated carbocycles. The van der Waals surface area contributed by atoms with Gasteiger partial charge < -0.3 is 10.1 Å². The second-order valence-electron chi connectivity index (χ2n) is 5.73. The number of hydrogen-bond donors (Lipinski definition) is 1. The average Bonchev–Trinajstić information content (AvgIpc) is 2.83. The van der Waals surface area contributed by atoms with Crippen LogP contribution in [0.2, 0.25) is 0 Å². The topological polar surface area (TPSA) is 92.8 Å². The van der Waals surface area contributed by atoms with Crippen molar-refractivity contribution in [1.82, 2.24) is 4.31 Å². The summed E-state index contributed by atoms with van der Waals surface area (Å²) >= 11 is 0. The Balaban J connectivity index is 1.60. The molecule has 3 rings (SSSR count). The molecule has 0 unspecified atom stereocenters. The van der Waals surface area contributed by atoms with Gasteiger partial charge in [-0.05, 0) is 30.7 Å². The van der Waals surface area contributed by atoms with E-state index in [0.29, 0.717) is 11.4 Å². The SMILES string of the molecule is COc1ccccc1NC(=O)CCCN1C(=O)c2ccccc2S1(=O)=O. The first-order chi connectivity index (χ1) is 12.4. The van der Waals surface area contributed by atoms with Gasteiger partial charge in [-0.25, -0.2) is 12.7 Å². The van der Waals surface area contributed by atoms with Crippen LogP contribution in [0.4, 0.5) is 5.69 Å². The van der Waals surface area contributed by atoms with Gasteiger partial charge in [-0.3, -0.25) is 9.59 Å². The van der Waals surface area contributed by atoms with Crippen molar-refractivity contribution in [3.8, 4) is 5.75 Å². The molecule has 0 radical (unpaired) electrons. The molecule has 1 aliphatic heterocycles. The molecule has 1 aliphatic rings. The third-order valence-corrected chi connectivity index (χ3v) is 5.90. The maximum atomic E-state index is 12.4. The Morgan fingerprint density at radius 1 is 1.12 bits per heavy atom. The molecular formula is C18H18N2O5S. The van der Waals surface area contributed by atoms with E-state index in [1.807, 2.05) is 0 Å². The van der Waals surface area contributed by atoms with Crippen molar-refractivity contribution < 1.29 is 22.7 Å². The molecule has 26 heavy (non-hydrogen) atoms. The van der Waals surface area contributed by atoms with E-state index in [4.69, 9.17) is 4.74 Å². The summed E-state index contributed by atoms with van der Waals surface area (Å²) < 4.78 is 30.9. The second-order valence-corrected chi connectivity index (χ2v) is 7.56. The van der Waals surface area contributed by atoms with Crippen LogP contribution in [0, 0.1) is 0 Å². The number of ether oxygens (including phenoxy) is 1. The van der Waals surface area contributed by atoms with Crippen LogP contribution in [-0.2, 0) is 14.8 Å². The largest absolute Gasteiger partial charge is 0.495 e. The number of carbonyl (C=O) groups excluding carboxylic acids is 2. The van der Waals surface area contributed by atoms with Gasteiger partial charge in [0.15, 0.2) is 0 Å². The number of para-hydroxylation sites is 2. The molecule has 7 nitrogen and oxygen atoms in total. The highest BCUT2D eigenvalue weighted by Crippen LogP contribution is 2.30. The fourth-order valence-electron chi connectivity index (χ4n) is 2.80. The zero-order valence-corrected chi connectivity index (χ0v) is 15.0. The van der Waals surface area contributed by atoms with E-state index in [9.17, 15) is 18.0 Å². The normalized spacial score (nSPS) is 14.8. The Labute approximate surface area is 151 Å². The van der Waals surface area contributed by atoms with Gasteiger partial charge in [0.2, 0.25) is 5.91 Å². The predicted molar refractivity (Wildman–Crippen MR) is 95.5 cm³/mol. The fraction of sp³-hybridized carbons (Fsp3) is 0.222. The van der Waals surface area contributed by atoms with Crippen molar-refractivity contribution in [2.45, 2.75) is 17.7 Å². The number of benzene rings is 2. The minimum atomic E-state index is -3.83. The Hall–Kier alpha value is -2.87. The monoisotopic (exact) mass is 374 g/mol. The van der Waals surface area contributed by atoms with Gasteiger partial charge in [0.25, 0.3) is 15.9 Å². The summed E-state index contributed by atoms with van der Waals surface area (Å²) in [4.78, 5) is 24.4. The van der Waals surface area contributed by atoms with Crippen LogP contribution < -0.4 is 10.1 Å². The molecule has 0 fully saturated rings. The van der Waals surface area contributed by atoms with Gasteiger partial charge in [0, 0.05) is 13.0 Å². The number of rotatable bonds is 6. The molecule has 136 valence electrons. The molecule has 2 amide bonds. The number of nitrogens with one attached hydrogen (secondary N) is 1.